The van der Waals surface area contributed by atoms with Crippen LogP contribution >= 0.6 is 11.6 Å². The van der Waals surface area contributed by atoms with Crippen LogP contribution in [0, 0.1) is 0 Å². The molecule has 0 aliphatic carbocycles. The highest BCUT2D eigenvalue weighted by Crippen LogP contribution is 2.08. The Balaban J connectivity index is 2.23. The lowest BCUT2D eigenvalue weighted by atomic mass is 10.2. The van der Waals surface area contributed by atoms with Crippen molar-refractivity contribution in [3.63, 3.8) is 0 Å². The summed E-state index contributed by atoms with van der Waals surface area (Å²) < 4.78 is 1.52. The molecule has 5 nitrogen and oxygen atoms in total. The summed E-state index contributed by atoms with van der Waals surface area (Å²) in [5, 5.41) is 4.56. The number of rotatable bonds is 3. The van der Waals surface area contributed by atoms with E-state index < -0.39 is 0 Å². The molecule has 6 heteroatoms. The third kappa shape index (κ3) is 2.31. The Bertz CT molecular complexity index is 436. The first-order valence-corrected chi connectivity index (χ1v) is 4.89. The molecule has 0 spiro atoms. The van der Waals surface area contributed by atoms with Crippen LogP contribution in [0.3, 0.4) is 0 Å². The van der Waals surface area contributed by atoms with Gasteiger partial charge in [-0.2, -0.15) is 5.10 Å². The van der Waals surface area contributed by atoms with Gasteiger partial charge in [0.05, 0.1) is 17.4 Å². The number of aromatic nitrogens is 4. The second kappa shape index (κ2) is 4.37. The normalized spacial score (nSPS) is 10.5. The number of nitrogens with zero attached hydrogens (tertiary/aromatic N) is 4. The van der Waals surface area contributed by atoms with Gasteiger partial charge in [-0.15, -0.1) is 0 Å². The van der Waals surface area contributed by atoms with Crippen molar-refractivity contribution < 1.29 is 0 Å². The average molecular weight is 224 g/mol. The molecule has 78 valence electrons. The minimum atomic E-state index is 0.502. The fourth-order valence-electron chi connectivity index (χ4n) is 1.17. The summed E-state index contributed by atoms with van der Waals surface area (Å²) >= 11 is 5.74. The van der Waals surface area contributed by atoms with Crippen LogP contribution in [0.1, 0.15) is 5.56 Å². The molecule has 2 heterocycles. The van der Waals surface area contributed by atoms with Gasteiger partial charge in [-0.05, 0) is 18.5 Å². The van der Waals surface area contributed by atoms with Crippen molar-refractivity contribution in [2.75, 3.05) is 6.54 Å². The van der Waals surface area contributed by atoms with Crippen LogP contribution in [0.5, 0.6) is 0 Å². The molecule has 0 bridgehead atoms. The van der Waals surface area contributed by atoms with Crippen molar-refractivity contribution in [2.24, 2.45) is 5.73 Å². The number of hydrogen-bond acceptors (Lipinski definition) is 4. The summed E-state index contributed by atoms with van der Waals surface area (Å²) in [5.41, 5.74) is 6.44. The maximum atomic E-state index is 5.74. The molecule has 0 aliphatic heterocycles. The van der Waals surface area contributed by atoms with Crippen molar-refractivity contribution in [3.05, 3.63) is 35.4 Å². The quantitative estimate of drug-likeness (QED) is 0.836. The van der Waals surface area contributed by atoms with Crippen LogP contribution in [0.2, 0.25) is 5.02 Å². The molecule has 0 amide bonds. The summed E-state index contributed by atoms with van der Waals surface area (Å²) in [4.78, 5) is 8.31. The van der Waals surface area contributed by atoms with E-state index in [1.54, 1.807) is 24.8 Å². The van der Waals surface area contributed by atoms with Gasteiger partial charge in [0.25, 0.3) is 0 Å². The molecule has 2 aromatic heterocycles. The number of halogens is 1. The van der Waals surface area contributed by atoms with E-state index in [0.29, 0.717) is 17.5 Å². The monoisotopic (exact) mass is 223 g/mol. The molecule has 0 saturated heterocycles. The smallest absolute Gasteiger partial charge is 0.250 e. The van der Waals surface area contributed by atoms with Crippen molar-refractivity contribution in [1.82, 2.24) is 19.7 Å². The van der Waals surface area contributed by atoms with E-state index in [9.17, 15) is 0 Å². The molecular weight excluding hydrogens is 214 g/mol. The minimum Gasteiger partial charge on any atom is -0.330 e. The summed E-state index contributed by atoms with van der Waals surface area (Å²) in [6.07, 6.45) is 7.45. The van der Waals surface area contributed by atoms with Gasteiger partial charge in [0.2, 0.25) is 5.95 Å². The molecule has 2 aromatic rings. The Hall–Kier alpha value is -1.46. The lowest BCUT2D eigenvalue weighted by molar-refractivity contribution is 0.799. The summed E-state index contributed by atoms with van der Waals surface area (Å²) in [6, 6.07) is 0. The van der Waals surface area contributed by atoms with Gasteiger partial charge in [-0.25, -0.2) is 14.6 Å². The number of nitrogens with two attached hydrogens (primary N) is 1. The Kier molecular flexibility index (Phi) is 2.94. The van der Waals surface area contributed by atoms with Crippen LogP contribution < -0.4 is 5.73 Å². The van der Waals surface area contributed by atoms with Crippen LogP contribution in [-0.2, 0) is 6.42 Å². The number of hydrogen-bond donors (Lipinski definition) is 1. The van der Waals surface area contributed by atoms with Gasteiger partial charge in [-0.3, -0.25) is 0 Å². The van der Waals surface area contributed by atoms with E-state index in [4.69, 9.17) is 17.3 Å². The topological polar surface area (TPSA) is 69.6 Å². The molecule has 0 aliphatic rings. The van der Waals surface area contributed by atoms with Crippen molar-refractivity contribution in [3.8, 4) is 5.95 Å². The minimum absolute atomic E-state index is 0.502. The predicted molar refractivity (Wildman–Crippen MR) is 56.9 cm³/mol. The van der Waals surface area contributed by atoms with Crippen molar-refractivity contribution >= 4 is 11.6 Å². The predicted octanol–water partition coefficient (Wildman–Crippen LogP) is 0.817. The average Bonchev–Trinajstić information content (AvgIpc) is 2.67. The molecule has 0 fully saturated rings. The summed E-state index contributed by atoms with van der Waals surface area (Å²) in [5.74, 6) is 0.502. The van der Waals surface area contributed by atoms with E-state index >= 15 is 0 Å². The Morgan fingerprint density at radius 1 is 1.27 bits per heavy atom. The first-order chi connectivity index (χ1) is 7.29. The van der Waals surface area contributed by atoms with E-state index in [1.807, 2.05) is 0 Å². The molecule has 0 unspecified atom stereocenters. The van der Waals surface area contributed by atoms with E-state index in [1.165, 1.54) is 4.68 Å². The fourth-order valence-corrected chi connectivity index (χ4v) is 1.31. The van der Waals surface area contributed by atoms with Crippen LogP contribution in [0.15, 0.2) is 24.8 Å². The van der Waals surface area contributed by atoms with E-state index in [0.717, 1.165) is 12.0 Å². The molecule has 0 radical (unpaired) electrons. The Morgan fingerprint density at radius 3 is 2.53 bits per heavy atom. The summed E-state index contributed by atoms with van der Waals surface area (Å²) in [7, 11) is 0. The third-order valence-electron chi connectivity index (χ3n) is 1.88. The van der Waals surface area contributed by atoms with Gasteiger partial charge >= 0.3 is 0 Å². The van der Waals surface area contributed by atoms with Crippen molar-refractivity contribution in [2.45, 2.75) is 6.42 Å². The van der Waals surface area contributed by atoms with Crippen LogP contribution in [-0.4, -0.2) is 26.3 Å². The van der Waals surface area contributed by atoms with Gasteiger partial charge in [0.15, 0.2) is 0 Å². The van der Waals surface area contributed by atoms with Crippen molar-refractivity contribution in [1.29, 1.82) is 0 Å². The lowest BCUT2D eigenvalue weighted by Crippen LogP contribution is -2.06. The summed E-state index contributed by atoms with van der Waals surface area (Å²) in [6.45, 7) is 0.594. The molecule has 0 aromatic carbocycles. The van der Waals surface area contributed by atoms with Gasteiger partial charge in [0.1, 0.15) is 0 Å². The molecular formula is C9H10ClN5. The highest BCUT2D eigenvalue weighted by molar-refractivity contribution is 6.30. The van der Waals surface area contributed by atoms with Gasteiger partial charge < -0.3 is 5.73 Å². The Morgan fingerprint density at radius 2 is 2.00 bits per heavy atom. The lowest BCUT2D eigenvalue weighted by Gasteiger charge is -2.00. The van der Waals surface area contributed by atoms with E-state index in [-0.39, 0.29) is 0 Å². The third-order valence-corrected chi connectivity index (χ3v) is 2.08. The molecule has 15 heavy (non-hydrogen) atoms. The molecule has 0 atom stereocenters. The largest absolute Gasteiger partial charge is 0.330 e. The highest BCUT2D eigenvalue weighted by atomic mass is 35.5. The highest BCUT2D eigenvalue weighted by Gasteiger charge is 2.01. The van der Waals surface area contributed by atoms with Crippen LogP contribution in [0.4, 0.5) is 0 Å². The van der Waals surface area contributed by atoms with E-state index in [2.05, 4.69) is 15.1 Å². The first kappa shape index (κ1) is 10.1. The maximum absolute atomic E-state index is 5.74. The second-order valence-corrected chi connectivity index (χ2v) is 3.47. The van der Waals surface area contributed by atoms with Crippen LogP contribution in [0.25, 0.3) is 5.95 Å². The molecule has 2 rings (SSSR count). The standard InChI is InChI=1S/C9H10ClN5/c10-8-5-14-15(6-8)9-12-3-7(1-2-11)4-13-9/h3-6H,1-2,11H2. The SMILES string of the molecule is NCCc1cnc(-n2cc(Cl)cn2)nc1. The van der Waals surface area contributed by atoms with Gasteiger partial charge in [0, 0.05) is 12.4 Å². The zero-order chi connectivity index (χ0) is 10.7. The van der Waals surface area contributed by atoms with Gasteiger partial charge in [-0.1, -0.05) is 11.6 Å². The first-order valence-electron chi connectivity index (χ1n) is 4.51. The molecule has 0 saturated carbocycles. The molecule has 2 N–H and O–H groups in total. The fraction of sp³-hybridized carbons (Fsp3) is 0.222. The maximum Gasteiger partial charge on any atom is 0.250 e. The Labute approximate surface area is 91.9 Å². The zero-order valence-electron chi connectivity index (χ0n) is 7.97. The second-order valence-electron chi connectivity index (χ2n) is 3.03. The zero-order valence-corrected chi connectivity index (χ0v) is 8.72.